The monoisotopic (exact) mass is 298 g/mol. The molecule has 0 spiro atoms. The highest BCUT2D eigenvalue weighted by Gasteiger charge is 2.19. The normalized spacial score (nSPS) is 16.4. The van der Waals surface area contributed by atoms with Crippen molar-refractivity contribution in [2.75, 3.05) is 5.32 Å². The number of hydrogen-bond acceptors (Lipinski definition) is 4. The minimum Gasteiger partial charge on any atom is -0.367 e. The molecule has 4 nitrogen and oxygen atoms in total. The predicted octanol–water partition coefficient (Wildman–Crippen LogP) is 4.20. The summed E-state index contributed by atoms with van der Waals surface area (Å²) >= 11 is 1.70. The van der Waals surface area contributed by atoms with Crippen LogP contribution in [0.3, 0.4) is 0 Å². The smallest absolute Gasteiger partial charge is 0.235 e. The molecular formula is C16H18N4S. The molecule has 0 atom stereocenters. The van der Waals surface area contributed by atoms with Crippen LogP contribution in [0.25, 0.3) is 17.0 Å². The first-order valence-corrected chi connectivity index (χ1v) is 8.48. The van der Waals surface area contributed by atoms with Gasteiger partial charge in [-0.1, -0.05) is 19.3 Å². The molecule has 3 aromatic heterocycles. The Hall–Kier alpha value is -1.88. The van der Waals surface area contributed by atoms with Crippen LogP contribution in [0.1, 0.15) is 32.1 Å². The van der Waals surface area contributed by atoms with Gasteiger partial charge in [0.2, 0.25) is 5.78 Å². The van der Waals surface area contributed by atoms with Crippen molar-refractivity contribution in [1.29, 1.82) is 0 Å². The predicted molar refractivity (Wildman–Crippen MR) is 86.8 cm³/mol. The van der Waals surface area contributed by atoms with E-state index in [9.17, 15) is 0 Å². The molecule has 1 aliphatic carbocycles. The number of fused-ring (bicyclic) bond motifs is 1. The second-order valence-electron chi connectivity index (χ2n) is 5.59. The van der Waals surface area contributed by atoms with Crippen LogP contribution in [0.2, 0.25) is 0 Å². The molecule has 0 radical (unpaired) electrons. The van der Waals surface area contributed by atoms with Gasteiger partial charge in [-0.2, -0.15) is 11.3 Å². The summed E-state index contributed by atoms with van der Waals surface area (Å²) in [5.74, 6) is 1.85. The van der Waals surface area contributed by atoms with E-state index in [1.807, 2.05) is 12.3 Å². The highest BCUT2D eigenvalue weighted by Crippen LogP contribution is 2.31. The van der Waals surface area contributed by atoms with Gasteiger partial charge >= 0.3 is 0 Å². The Morgan fingerprint density at radius 2 is 2.14 bits per heavy atom. The average molecular weight is 298 g/mol. The van der Waals surface area contributed by atoms with Gasteiger partial charge in [-0.15, -0.1) is 0 Å². The molecule has 3 heterocycles. The molecule has 1 saturated carbocycles. The van der Waals surface area contributed by atoms with Crippen molar-refractivity contribution < 1.29 is 0 Å². The van der Waals surface area contributed by atoms with Gasteiger partial charge in [-0.3, -0.25) is 4.40 Å². The number of imidazole rings is 1. The maximum Gasteiger partial charge on any atom is 0.235 e. The fraction of sp³-hybridized carbons (Fsp3) is 0.375. The van der Waals surface area contributed by atoms with Gasteiger partial charge in [-0.05, 0) is 30.4 Å². The van der Waals surface area contributed by atoms with Gasteiger partial charge in [-0.25, -0.2) is 9.97 Å². The van der Waals surface area contributed by atoms with Crippen LogP contribution < -0.4 is 5.32 Å². The van der Waals surface area contributed by atoms with Crippen LogP contribution in [0.5, 0.6) is 0 Å². The zero-order chi connectivity index (χ0) is 14.1. The maximum atomic E-state index is 4.72. The number of thiophene rings is 1. The summed E-state index contributed by atoms with van der Waals surface area (Å²) in [5.41, 5.74) is 2.18. The zero-order valence-corrected chi connectivity index (χ0v) is 12.6. The first kappa shape index (κ1) is 12.8. The van der Waals surface area contributed by atoms with Gasteiger partial charge < -0.3 is 5.32 Å². The lowest BCUT2D eigenvalue weighted by molar-refractivity contribution is 0.461. The van der Waals surface area contributed by atoms with E-state index in [2.05, 4.69) is 31.5 Å². The van der Waals surface area contributed by atoms with Gasteiger partial charge in [0.1, 0.15) is 11.5 Å². The highest BCUT2D eigenvalue weighted by atomic mass is 32.1. The summed E-state index contributed by atoms with van der Waals surface area (Å²) < 4.78 is 2.07. The molecule has 0 bridgehead atoms. The van der Waals surface area contributed by atoms with Crippen molar-refractivity contribution in [3.05, 3.63) is 35.3 Å². The van der Waals surface area contributed by atoms with Crippen LogP contribution in [-0.2, 0) is 0 Å². The van der Waals surface area contributed by atoms with Crippen LogP contribution in [-0.4, -0.2) is 20.4 Å². The third-order valence-electron chi connectivity index (χ3n) is 4.14. The molecule has 0 amide bonds. The molecule has 0 saturated heterocycles. The van der Waals surface area contributed by atoms with Gasteiger partial charge in [0.25, 0.3) is 0 Å². The largest absolute Gasteiger partial charge is 0.367 e. The summed E-state index contributed by atoms with van der Waals surface area (Å²) in [6.45, 7) is 0. The molecule has 1 N–H and O–H groups in total. The Kier molecular flexibility index (Phi) is 3.35. The Morgan fingerprint density at radius 1 is 1.24 bits per heavy atom. The zero-order valence-electron chi connectivity index (χ0n) is 11.8. The van der Waals surface area contributed by atoms with Gasteiger partial charge in [0.05, 0.1) is 0 Å². The molecule has 5 heteroatoms. The summed E-state index contributed by atoms with van der Waals surface area (Å²) in [7, 11) is 0. The lowest BCUT2D eigenvalue weighted by atomic mass is 9.95. The van der Waals surface area contributed by atoms with E-state index in [4.69, 9.17) is 4.98 Å². The van der Waals surface area contributed by atoms with Crippen molar-refractivity contribution in [2.45, 2.75) is 38.1 Å². The lowest BCUT2D eigenvalue weighted by Crippen LogP contribution is -2.23. The molecular weight excluding hydrogens is 280 g/mol. The number of hydrogen-bond donors (Lipinski definition) is 1. The Labute approximate surface area is 127 Å². The topological polar surface area (TPSA) is 42.2 Å². The second kappa shape index (κ2) is 5.48. The molecule has 1 fully saturated rings. The van der Waals surface area contributed by atoms with E-state index in [0.717, 1.165) is 17.3 Å². The molecule has 3 aromatic rings. The van der Waals surface area contributed by atoms with Crippen LogP contribution >= 0.6 is 11.3 Å². The fourth-order valence-corrected chi connectivity index (χ4v) is 3.71. The van der Waals surface area contributed by atoms with E-state index in [1.54, 1.807) is 17.5 Å². The van der Waals surface area contributed by atoms with Crippen LogP contribution in [0.4, 0.5) is 5.82 Å². The molecule has 4 rings (SSSR count). The Morgan fingerprint density at radius 3 is 2.95 bits per heavy atom. The quantitative estimate of drug-likeness (QED) is 0.788. The average Bonchev–Trinajstić information content (AvgIpc) is 3.16. The standard InChI is InChI=1S/C16H18N4S/c1-2-5-13(6-3-1)18-15-14(12-7-10-21-11-12)19-16-17-8-4-9-20(15)16/h4,7-11,13,18H,1-3,5-6H2. The third-order valence-corrected chi connectivity index (χ3v) is 4.83. The van der Waals surface area contributed by atoms with Crippen LogP contribution in [0.15, 0.2) is 35.3 Å². The summed E-state index contributed by atoms with van der Waals surface area (Å²) in [4.78, 5) is 9.10. The number of rotatable bonds is 3. The van der Waals surface area contributed by atoms with E-state index >= 15 is 0 Å². The van der Waals surface area contributed by atoms with Crippen molar-refractivity contribution in [2.24, 2.45) is 0 Å². The minimum absolute atomic E-state index is 0.552. The molecule has 0 unspecified atom stereocenters. The van der Waals surface area contributed by atoms with E-state index in [1.165, 1.54) is 37.7 Å². The van der Waals surface area contributed by atoms with Gasteiger partial charge in [0.15, 0.2) is 0 Å². The van der Waals surface area contributed by atoms with Crippen molar-refractivity contribution in [3.63, 3.8) is 0 Å². The summed E-state index contributed by atoms with van der Waals surface area (Å²) in [6.07, 6.45) is 10.3. The summed E-state index contributed by atoms with van der Waals surface area (Å²) in [6, 6.07) is 4.63. The summed E-state index contributed by atoms with van der Waals surface area (Å²) in [5, 5.41) is 7.97. The minimum atomic E-state index is 0.552. The number of anilines is 1. The highest BCUT2D eigenvalue weighted by molar-refractivity contribution is 7.08. The number of nitrogens with one attached hydrogen (secondary N) is 1. The third kappa shape index (κ3) is 2.42. The second-order valence-corrected chi connectivity index (χ2v) is 6.37. The van der Waals surface area contributed by atoms with E-state index in [-0.39, 0.29) is 0 Å². The fourth-order valence-electron chi connectivity index (χ4n) is 3.07. The molecule has 1 aliphatic rings. The SMILES string of the molecule is c1cnc2nc(-c3ccsc3)c(NC3CCCCC3)n2c1. The maximum absolute atomic E-state index is 4.72. The van der Waals surface area contributed by atoms with Crippen LogP contribution in [0, 0.1) is 0 Å². The molecule has 0 aliphatic heterocycles. The Balaban J connectivity index is 1.78. The number of aromatic nitrogens is 3. The first-order chi connectivity index (χ1) is 10.4. The lowest BCUT2D eigenvalue weighted by Gasteiger charge is -2.24. The first-order valence-electron chi connectivity index (χ1n) is 7.54. The molecule has 0 aromatic carbocycles. The molecule has 21 heavy (non-hydrogen) atoms. The van der Waals surface area contributed by atoms with Crippen molar-refractivity contribution in [3.8, 4) is 11.3 Å². The van der Waals surface area contributed by atoms with Crippen molar-refractivity contribution in [1.82, 2.24) is 14.4 Å². The number of nitrogens with zero attached hydrogens (tertiary/aromatic N) is 3. The van der Waals surface area contributed by atoms with E-state index < -0.39 is 0 Å². The van der Waals surface area contributed by atoms with Crippen molar-refractivity contribution >= 4 is 22.9 Å². The van der Waals surface area contributed by atoms with E-state index in [0.29, 0.717) is 6.04 Å². The molecule has 108 valence electrons. The Bertz CT molecular complexity index is 726. The van der Waals surface area contributed by atoms with Gasteiger partial charge in [0, 0.05) is 29.4 Å².